The van der Waals surface area contributed by atoms with Crippen molar-refractivity contribution in [2.24, 2.45) is 0 Å². The lowest BCUT2D eigenvalue weighted by Gasteiger charge is -2.42. The minimum atomic E-state index is -0.661. The molecule has 0 amide bonds. The van der Waals surface area contributed by atoms with Crippen molar-refractivity contribution < 1.29 is 14.2 Å². The molecule has 5 heteroatoms. The van der Waals surface area contributed by atoms with Gasteiger partial charge in [-0.25, -0.2) is 0 Å². The second-order valence-electron chi connectivity index (χ2n) is 14.7. The fourth-order valence-electron chi connectivity index (χ4n) is 9.19. The molecule has 6 aromatic carbocycles. The van der Waals surface area contributed by atoms with Crippen LogP contribution in [-0.4, -0.2) is 33.9 Å². The number of rotatable bonds is 6. The lowest BCUT2D eigenvalue weighted by molar-refractivity contribution is 0.0867. The van der Waals surface area contributed by atoms with Crippen LogP contribution in [0.1, 0.15) is 59.7 Å². The summed E-state index contributed by atoms with van der Waals surface area (Å²) in [5.41, 5.74) is 10.8. The molecule has 0 spiro atoms. The summed E-state index contributed by atoms with van der Waals surface area (Å²) in [6.07, 6.45) is 1.73. The van der Waals surface area contributed by atoms with Crippen molar-refractivity contribution >= 4 is 16.5 Å². The molecule has 1 fully saturated rings. The van der Waals surface area contributed by atoms with Crippen LogP contribution in [0.5, 0.6) is 17.2 Å². The molecule has 3 aliphatic rings. The minimum Gasteiger partial charge on any atom is -0.497 e. The number of nitrogens with one attached hydrogen (secondary N) is 1. The van der Waals surface area contributed by atoms with Crippen LogP contribution >= 0.6 is 0 Å². The summed E-state index contributed by atoms with van der Waals surface area (Å²) in [5, 5.41) is 5.93. The lowest BCUT2D eigenvalue weighted by Crippen LogP contribution is -2.46. The molecule has 2 atom stereocenters. The van der Waals surface area contributed by atoms with Gasteiger partial charge in [-0.15, -0.1) is 0 Å². The summed E-state index contributed by atoms with van der Waals surface area (Å²) < 4.78 is 18.9. The third-order valence-corrected chi connectivity index (χ3v) is 11.7. The van der Waals surface area contributed by atoms with Crippen LogP contribution in [-0.2, 0) is 17.4 Å². The molecule has 1 N–H and O–H groups in total. The van der Waals surface area contributed by atoms with E-state index in [0.717, 1.165) is 55.1 Å². The van der Waals surface area contributed by atoms with Gasteiger partial charge in [-0.05, 0) is 99.6 Å². The van der Waals surface area contributed by atoms with Crippen LogP contribution in [0.2, 0.25) is 0 Å². The molecule has 2 heterocycles. The molecule has 1 saturated heterocycles. The normalized spacial score (nSPS) is 20.2. The third-order valence-electron chi connectivity index (χ3n) is 11.7. The summed E-state index contributed by atoms with van der Waals surface area (Å²) in [7, 11) is 3.46. The van der Waals surface area contributed by atoms with E-state index in [1.165, 1.54) is 55.6 Å². The first kappa shape index (κ1) is 31.7. The molecule has 1 aliphatic carbocycles. The smallest absolute Gasteiger partial charge is 0.159 e. The Hall–Kier alpha value is -5.26. The molecular weight excluding hydrogens is 629 g/mol. The maximum Gasteiger partial charge on any atom is 0.159 e. The Kier molecular flexibility index (Phi) is 7.59. The second kappa shape index (κ2) is 12.2. The fraction of sp³-hybridized carbons (Fsp3) is 0.261. The van der Waals surface area contributed by atoms with Crippen LogP contribution in [0.4, 0.5) is 5.69 Å². The number of piperazine rings is 1. The number of benzene rings is 6. The molecule has 2 aliphatic heterocycles. The van der Waals surface area contributed by atoms with Gasteiger partial charge in [0.05, 0.1) is 20.3 Å². The number of hydrogen-bond donors (Lipinski definition) is 1. The van der Waals surface area contributed by atoms with Crippen molar-refractivity contribution in [1.29, 1.82) is 0 Å². The van der Waals surface area contributed by atoms with Gasteiger partial charge in [0.2, 0.25) is 0 Å². The first-order valence-electron chi connectivity index (χ1n) is 18.2. The molecule has 2 unspecified atom stereocenters. The largest absolute Gasteiger partial charge is 0.497 e. The van der Waals surface area contributed by atoms with Crippen LogP contribution in [0.3, 0.4) is 0 Å². The highest BCUT2D eigenvalue weighted by Crippen LogP contribution is 2.59. The maximum atomic E-state index is 7.63. The Morgan fingerprint density at radius 1 is 0.745 bits per heavy atom. The lowest BCUT2D eigenvalue weighted by atomic mass is 9.74. The molecule has 256 valence electrons. The van der Waals surface area contributed by atoms with Gasteiger partial charge < -0.3 is 24.4 Å². The van der Waals surface area contributed by atoms with Gasteiger partial charge in [-0.1, -0.05) is 92.7 Å². The van der Waals surface area contributed by atoms with Gasteiger partial charge in [0, 0.05) is 41.7 Å². The van der Waals surface area contributed by atoms with Crippen molar-refractivity contribution in [2.45, 2.75) is 43.7 Å². The number of nitrogens with zero attached hydrogens (tertiary/aromatic N) is 1. The number of fused-ring (bicyclic) bond motifs is 8. The average molecular weight is 673 g/mol. The predicted octanol–water partition coefficient (Wildman–Crippen LogP) is 9.58. The molecule has 0 bridgehead atoms. The molecule has 0 radical (unpaired) electrons. The van der Waals surface area contributed by atoms with E-state index in [1.807, 2.05) is 0 Å². The number of ether oxygens (including phenoxy) is 3. The molecule has 5 nitrogen and oxygen atoms in total. The number of anilines is 1. The van der Waals surface area contributed by atoms with Gasteiger partial charge in [0.1, 0.15) is 17.2 Å². The zero-order valence-corrected chi connectivity index (χ0v) is 29.8. The zero-order valence-electron chi connectivity index (χ0n) is 29.8. The van der Waals surface area contributed by atoms with Crippen molar-refractivity contribution in [2.75, 3.05) is 38.8 Å². The first-order valence-corrected chi connectivity index (χ1v) is 18.2. The highest BCUT2D eigenvalue weighted by atomic mass is 16.5. The summed E-state index contributed by atoms with van der Waals surface area (Å²) in [6.45, 7) is 7.52. The Morgan fingerprint density at radius 3 is 2.22 bits per heavy atom. The van der Waals surface area contributed by atoms with Crippen molar-refractivity contribution in [3.8, 4) is 28.4 Å². The Balaban J connectivity index is 1.18. The highest BCUT2D eigenvalue weighted by molar-refractivity contribution is 6.07. The van der Waals surface area contributed by atoms with Crippen molar-refractivity contribution in [1.82, 2.24) is 5.32 Å². The minimum absolute atomic E-state index is 0.147. The SMILES string of the molecule is COc1ccc(C2CNCCN2c2ccc(C3(c4ccccc4)CCc4c5c(c6ccc(OC)cc6c4O3)-c3ccccc3C5(C)C)cc2)cc1. The molecule has 0 aromatic heterocycles. The van der Waals surface area contributed by atoms with E-state index in [-0.39, 0.29) is 11.5 Å². The fourth-order valence-corrected chi connectivity index (χ4v) is 9.19. The van der Waals surface area contributed by atoms with Gasteiger partial charge in [0.25, 0.3) is 0 Å². The second-order valence-corrected chi connectivity index (χ2v) is 14.7. The average Bonchev–Trinajstić information content (AvgIpc) is 3.44. The van der Waals surface area contributed by atoms with E-state index in [0.29, 0.717) is 0 Å². The van der Waals surface area contributed by atoms with E-state index < -0.39 is 5.60 Å². The van der Waals surface area contributed by atoms with E-state index >= 15 is 0 Å². The standard InChI is InChI=1S/C46H44N2O3/c1-45(2)40-13-9-8-12-37(40)42-36-23-22-35(50-4)28-39(36)44-38(43(42)45)24-25-46(51-44,31-10-6-5-7-11-31)32-16-18-33(19-17-32)48-27-26-47-29-41(48)30-14-20-34(49-3)21-15-30/h5-23,28,41,47H,24-27,29H2,1-4H3. The van der Waals surface area contributed by atoms with Crippen LogP contribution in [0.15, 0.2) is 121 Å². The summed E-state index contributed by atoms with van der Waals surface area (Å²) in [4.78, 5) is 2.52. The quantitative estimate of drug-likeness (QED) is 0.191. The number of methoxy groups -OCH3 is 2. The molecule has 6 aromatic rings. The third kappa shape index (κ3) is 4.93. The molecule has 0 saturated carbocycles. The topological polar surface area (TPSA) is 43.0 Å². The van der Waals surface area contributed by atoms with Crippen molar-refractivity contribution in [3.63, 3.8) is 0 Å². The summed E-state index contributed by atoms with van der Waals surface area (Å²) in [6, 6.07) is 44.1. The van der Waals surface area contributed by atoms with Gasteiger partial charge in [-0.3, -0.25) is 0 Å². The van der Waals surface area contributed by atoms with Crippen LogP contribution < -0.4 is 24.4 Å². The monoisotopic (exact) mass is 672 g/mol. The van der Waals surface area contributed by atoms with E-state index in [9.17, 15) is 0 Å². The first-order chi connectivity index (χ1) is 24.9. The Morgan fingerprint density at radius 2 is 1.45 bits per heavy atom. The summed E-state index contributed by atoms with van der Waals surface area (Å²) >= 11 is 0. The van der Waals surface area contributed by atoms with E-state index in [2.05, 4.69) is 145 Å². The number of hydrogen-bond acceptors (Lipinski definition) is 5. The van der Waals surface area contributed by atoms with E-state index in [1.54, 1.807) is 14.2 Å². The van der Waals surface area contributed by atoms with Gasteiger partial charge >= 0.3 is 0 Å². The van der Waals surface area contributed by atoms with Gasteiger partial charge in [-0.2, -0.15) is 0 Å². The highest BCUT2D eigenvalue weighted by Gasteiger charge is 2.46. The summed E-state index contributed by atoms with van der Waals surface area (Å²) in [5.74, 6) is 2.69. The van der Waals surface area contributed by atoms with E-state index in [4.69, 9.17) is 14.2 Å². The van der Waals surface area contributed by atoms with Gasteiger partial charge in [0.15, 0.2) is 5.60 Å². The van der Waals surface area contributed by atoms with Crippen LogP contribution in [0, 0.1) is 0 Å². The zero-order chi connectivity index (χ0) is 34.7. The molecule has 9 rings (SSSR count). The Labute approximate surface area is 300 Å². The predicted molar refractivity (Wildman–Crippen MR) is 207 cm³/mol. The molecule has 51 heavy (non-hydrogen) atoms. The molecular formula is C46H44N2O3. The maximum absolute atomic E-state index is 7.63. The van der Waals surface area contributed by atoms with Crippen molar-refractivity contribution in [3.05, 3.63) is 155 Å². The van der Waals surface area contributed by atoms with Crippen LogP contribution in [0.25, 0.3) is 21.9 Å². The Bertz CT molecular complexity index is 2240.